The van der Waals surface area contributed by atoms with E-state index >= 15 is 0 Å². The summed E-state index contributed by atoms with van der Waals surface area (Å²) in [6.07, 6.45) is 3.64. The molecule has 24 heavy (non-hydrogen) atoms. The number of carbonyl (C=O) groups is 1. The van der Waals surface area contributed by atoms with Crippen LogP contribution in [0, 0.1) is 11.7 Å². The van der Waals surface area contributed by atoms with Gasteiger partial charge in [0.1, 0.15) is 5.82 Å². The van der Waals surface area contributed by atoms with Crippen molar-refractivity contribution in [2.24, 2.45) is 5.92 Å². The number of hydrogen-bond donors (Lipinski definition) is 0. The molecule has 3 aliphatic rings. The van der Waals surface area contributed by atoms with Gasteiger partial charge in [-0.1, -0.05) is 18.2 Å². The van der Waals surface area contributed by atoms with E-state index in [1.165, 1.54) is 16.6 Å². The summed E-state index contributed by atoms with van der Waals surface area (Å²) in [6.45, 7) is 1.47. The third-order valence-electron chi connectivity index (χ3n) is 5.04. The number of nitrogens with zero attached hydrogens (tertiary/aromatic N) is 2. The molecule has 3 fully saturated rings. The summed E-state index contributed by atoms with van der Waals surface area (Å²) in [5.74, 6) is -0.106. The van der Waals surface area contributed by atoms with Gasteiger partial charge in [-0.3, -0.25) is 4.79 Å². The number of carbonyl (C=O) groups excluding carboxylic acids is 1. The molecule has 0 radical (unpaired) electrons. The number of hydrogen-bond acceptors (Lipinski definition) is 3. The van der Waals surface area contributed by atoms with E-state index in [4.69, 9.17) is 0 Å². The lowest BCUT2D eigenvalue weighted by Gasteiger charge is -2.36. The van der Waals surface area contributed by atoms with Crippen LogP contribution in [0.15, 0.2) is 24.3 Å². The van der Waals surface area contributed by atoms with Crippen molar-refractivity contribution in [2.75, 3.05) is 25.9 Å². The lowest BCUT2D eigenvalue weighted by Crippen LogP contribution is -2.47. The molecule has 3 saturated heterocycles. The molecule has 132 valence electrons. The molecule has 0 unspecified atom stereocenters. The van der Waals surface area contributed by atoms with E-state index in [0.717, 1.165) is 12.8 Å². The molecule has 1 amide bonds. The average molecular weight is 354 g/mol. The summed E-state index contributed by atoms with van der Waals surface area (Å²) in [5, 5.41) is 0. The number of aryl methyl sites for hydroxylation is 1. The Morgan fingerprint density at radius 2 is 1.96 bits per heavy atom. The maximum atomic E-state index is 13.7. The first-order valence-electron chi connectivity index (χ1n) is 8.32. The molecule has 0 aromatic heterocycles. The monoisotopic (exact) mass is 354 g/mol. The molecular weight excluding hydrogens is 331 g/mol. The van der Waals surface area contributed by atoms with Gasteiger partial charge in [-0.2, -0.15) is 4.31 Å². The number of amides is 1. The van der Waals surface area contributed by atoms with Crippen molar-refractivity contribution in [3.63, 3.8) is 0 Å². The Hall–Kier alpha value is -1.47. The maximum absolute atomic E-state index is 13.7. The first kappa shape index (κ1) is 17.4. The van der Waals surface area contributed by atoms with Crippen molar-refractivity contribution in [1.82, 2.24) is 9.21 Å². The van der Waals surface area contributed by atoms with E-state index in [0.29, 0.717) is 31.6 Å². The third-order valence-corrected chi connectivity index (χ3v) is 6.27. The summed E-state index contributed by atoms with van der Waals surface area (Å²) in [4.78, 5) is 14.4. The fourth-order valence-electron chi connectivity index (χ4n) is 3.70. The summed E-state index contributed by atoms with van der Waals surface area (Å²) in [7, 11) is -3.24. The molecule has 1 aromatic carbocycles. The molecule has 0 aliphatic carbocycles. The fraction of sp³-hybridized carbons (Fsp3) is 0.588. The molecule has 3 heterocycles. The first-order chi connectivity index (χ1) is 11.3. The van der Waals surface area contributed by atoms with Crippen molar-refractivity contribution in [3.8, 4) is 0 Å². The Balaban J connectivity index is 1.67. The highest BCUT2D eigenvalue weighted by Gasteiger charge is 2.39. The van der Waals surface area contributed by atoms with Gasteiger partial charge in [0.15, 0.2) is 0 Å². The van der Waals surface area contributed by atoms with Gasteiger partial charge in [0.05, 0.1) is 6.26 Å². The second kappa shape index (κ2) is 6.80. The summed E-state index contributed by atoms with van der Waals surface area (Å²) in [5.41, 5.74) is 0.545. The van der Waals surface area contributed by atoms with Crippen LogP contribution >= 0.6 is 0 Å². The van der Waals surface area contributed by atoms with Crippen LogP contribution in [0.25, 0.3) is 0 Å². The minimum Gasteiger partial charge on any atom is -0.338 e. The lowest BCUT2D eigenvalue weighted by molar-refractivity contribution is -0.135. The van der Waals surface area contributed by atoms with E-state index in [2.05, 4.69) is 0 Å². The van der Waals surface area contributed by atoms with Crippen LogP contribution in [0.2, 0.25) is 0 Å². The summed E-state index contributed by atoms with van der Waals surface area (Å²) in [6, 6.07) is 6.43. The van der Waals surface area contributed by atoms with E-state index in [1.807, 2.05) is 4.90 Å². The predicted octanol–water partition coefficient (Wildman–Crippen LogP) is 1.64. The maximum Gasteiger partial charge on any atom is 0.223 e. The average Bonchev–Trinajstić information content (AvgIpc) is 2.85. The zero-order valence-electron chi connectivity index (χ0n) is 13.8. The van der Waals surface area contributed by atoms with Gasteiger partial charge < -0.3 is 4.90 Å². The molecular formula is C17H23FN2O3S. The van der Waals surface area contributed by atoms with Crippen molar-refractivity contribution in [3.05, 3.63) is 35.6 Å². The summed E-state index contributed by atoms with van der Waals surface area (Å²) >= 11 is 0. The van der Waals surface area contributed by atoms with Gasteiger partial charge >= 0.3 is 0 Å². The number of halogens is 1. The predicted molar refractivity (Wildman–Crippen MR) is 89.4 cm³/mol. The van der Waals surface area contributed by atoms with Crippen LogP contribution < -0.4 is 0 Å². The molecule has 5 nitrogen and oxygen atoms in total. The Morgan fingerprint density at radius 3 is 2.67 bits per heavy atom. The Morgan fingerprint density at radius 1 is 1.21 bits per heavy atom. The topological polar surface area (TPSA) is 57.7 Å². The normalized spacial score (nSPS) is 24.8. The molecule has 2 bridgehead atoms. The first-order valence-corrected chi connectivity index (χ1v) is 10.2. The molecule has 4 rings (SSSR count). The van der Waals surface area contributed by atoms with Gasteiger partial charge in [-0.05, 0) is 36.8 Å². The second-order valence-electron chi connectivity index (χ2n) is 6.81. The highest BCUT2D eigenvalue weighted by atomic mass is 32.2. The van der Waals surface area contributed by atoms with Gasteiger partial charge in [0.2, 0.25) is 15.9 Å². The number of benzene rings is 1. The van der Waals surface area contributed by atoms with E-state index < -0.39 is 10.0 Å². The van der Waals surface area contributed by atoms with E-state index in [1.54, 1.807) is 18.2 Å². The summed E-state index contributed by atoms with van der Waals surface area (Å²) < 4.78 is 38.9. The minimum absolute atomic E-state index is 0.0108. The van der Waals surface area contributed by atoms with Crippen LogP contribution in [-0.2, 0) is 21.2 Å². The van der Waals surface area contributed by atoms with Crippen molar-refractivity contribution < 1.29 is 17.6 Å². The van der Waals surface area contributed by atoms with Crippen LogP contribution in [0.3, 0.4) is 0 Å². The van der Waals surface area contributed by atoms with Crippen molar-refractivity contribution >= 4 is 15.9 Å². The highest BCUT2D eigenvalue weighted by molar-refractivity contribution is 7.88. The van der Waals surface area contributed by atoms with Gasteiger partial charge in [0.25, 0.3) is 0 Å². The SMILES string of the molecule is CS(=O)(=O)N1C[C@H]2CC[C@@H](C1)N(C(=O)CCc1ccccc1F)C2. The number of rotatable bonds is 4. The standard InChI is InChI=1S/C17H23FN2O3S/c1-24(22,23)19-10-13-6-8-15(12-19)20(11-13)17(21)9-7-14-4-2-3-5-16(14)18/h2-5,13,15H,6-12H2,1H3/t13-,15+/m1/s1. The second-order valence-corrected chi connectivity index (χ2v) is 8.80. The largest absolute Gasteiger partial charge is 0.338 e. The molecule has 2 atom stereocenters. The van der Waals surface area contributed by atoms with Gasteiger partial charge in [0, 0.05) is 32.1 Å². The van der Waals surface area contributed by atoms with Crippen molar-refractivity contribution in [2.45, 2.75) is 31.7 Å². The minimum atomic E-state index is -3.24. The van der Waals surface area contributed by atoms with Crippen LogP contribution in [0.5, 0.6) is 0 Å². The Labute approximate surface area is 142 Å². The molecule has 1 aromatic rings. The zero-order chi connectivity index (χ0) is 17.3. The smallest absolute Gasteiger partial charge is 0.223 e. The lowest BCUT2D eigenvalue weighted by atomic mass is 9.94. The molecule has 0 saturated carbocycles. The third kappa shape index (κ3) is 3.78. The highest BCUT2D eigenvalue weighted by Crippen LogP contribution is 2.29. The van der Waals surface area contributed by atoms with E-state index in [9.17, 15) is 17.6 Å². The zero-order valence-corrected chi connectivity index (χ0v) is 14.6. The fourth-order valence-corrected chi connectivity index (χ4v) is 4.63. The quantitative estimate of drug-likeness (QED) is 0.826. The molecule has 3 aliphatic heterocycles. The van der Waals surface area contributed by atoms with Crippen LogP contribution in [0.4, 0.5) is 4.39 Å². The van der Waals surface area contributed by atoms with E-state index in [-0.39, 0.29) is 30.1 Å². The van der Waals surface area contributed by atoms with Crippen LogP contribution in [-0.4, -0.2) is 55.5 Å². The van der Waals surface area contributed by atoms with Crippen molar-refractivity contribution in [1.29, 1.82) is 0 Å². The number of sulfonamides is 1. The van der Waals surface area contributed by atoms with Crippen LogP contribution in [0.1, 0.15) is 24.8 Å². The molecule has 7 heteroatoms. The Bertz CT molecular complexity index is 722. The van der Waals surface area contributed by atoms with Gasteiger partial charge in [-0.15, -0.1) is 0 Å². The van der Waals surface area contributed by atoms with Gasteiger partial charge in [-0.25, -0.2) is 12.8 Å². The molecule has 0 N–H and O–H groups in total. The Kier molecular flexibility index (Phi) is 4.92. The molecule has 0 spiro atoms. The number of piperidine rings is 1. The number of fused-ring (bicyclic) bond motifs is 4.